The molecule has 0 unspecified atom stereocenters. The second-order valence-corrected chi connectivity index (χ2v) is 6.82. The van der Waals surface area contributed by atoms with E-state index in [-0.39, 0.29) is 17.2 Å². The minimum atomic E-state index is -0.0699. The average Bonchev–Trinajstić information content (AvgIpc) is 3.22. The Kier molecular flexibility index (Phi) is 3.66. The van der Waals surface area contributed by atoms with Gasteiger partial charge in [0.15, 0.2) is 11.0 Å². The molecule has 1 aromatic heterocycles. The lowest BCUT2D eigenvalue weighted by molar-refractivity contribution is 0.0681. The van der Waals surface area contributed by atoms with Crippen molar-refractivity contribution in [2.24, 2.45) is 11.8 Å². The molecule has 120 valence electrons. The highest BCUT2D eigenvalue weighted by Crippen LogP contribution is 2.44. The molecule has 2 aromatic rings. The summed E-state index contributed by atoms with van der Waals surface area (Å²) in [6.07, 6.45) is 0. The molecule has 4 rings (SSSR count). The maximum atomic E-state index is 12.9. The third-order valence-electron chi connectivity index (χ3n) is 5.12. The fourth-order valence-electron chi connectivity index (χ4n) is 4.02. The number of benzene rings is 1. The molecule has 23 heavy (non-hydrogen) atoms. The standard InChI is InChI=1S/C18H19ClN2O2/c1-11-4-2-3-5-13(11)17-14-9-20-8-12(14)10-21(17)18(22)15-6-7-16(19)23-15/h2-7,12,14,17,20H,8-10H2,1H3/t12-,14-,17-/m0/s1. The Balaban J connectivity index is 1.73. The number of hydrogen-bond acceptors (Lipinski definition) is 3. The monoisotopic (exact) mass is 330 g/mol. The van der Waals surface area contributed by atoms with Gasteiger partial charge in [0.2, 0.25) is 0 Å². The van der Waals surface area contributed by atoms with E-state index in [0.29, 0.717) is 17.6 Å². The van der Waals surface area contributed by atoms with Crippen molar-refractivity contribution in [2.45, 2.75) is 13.0 Å². The number of rotatable bonds is 2. The number of halogens is 1. The molecule has 2 aliphatic heterocycles. The van der Waals surface area contributed by atoms with Crippen LogP contribution >= 0.6 is 11.6 Å². The van der Waals surface area contributed by atoms with Gasteiger partial charge in [-0.3, -0.25) is 4.79 Å². The van der Waals surface area contributed by atoms with E-state index in [1.807, 2.05) is 17.0 Å². The first kappa shape index (κ1) is 14.8. The van der Waals surface area contributed by atoms with E-state index in [4.69, 9.17) is 16.0 Å². The quantitative estimate of drug-likeness (QED) is 0.919. The zero-order valence-electron chi connectivity index (χ0n) is 13.0. The number of carbonyl (C=O) groups is 1. The first-order chi connectivity index (χ1) is 11.1. The molecule has 1 N–H and O–H groups in total. The van der Waals surface area contributed by atoms with Crippen molar-refractivity contribution in [3.8, 4) is 0 Å². The second kappa shape index (κ2) is 5.69. The van der Waals surface area contributed by atoms with Crippen molar-refractivity contribution in [1.82, 2.24) is 10.2 Å². The summed E-state index contributed by atoms with van der Waals surface area (Å²) in [4.78, 5) is 14.9. The van der Waals surface area contributed by atoms with Gasteiger partial charge in [0.05, 0.1) is 6.04 Å². The van der Waals surface area contributed by atoms with E-state index in [1.165, 1.54) is 11.1 Å². The van der Waals surface area contributed by atoms with Gasteiger partial charge in [0.1, 0.15) is 0 Å². The molecule has 0 radical (unpaired) electrons. The lowest BCUT2D eigenvalue weighted by Gasteiger charge is -2.29. The highest BCUT2D eigenvalue weighted by Gasteiger charge is 2.47. The molecule has 2 aliphatic rings. The van der Waals surface area contributed by atoms with Crippen LogP contribution in [0.3, 0.4) is 0 Å². The fraction of sp³-hybridized carbons (Fsp3) is 0.389. The van der Waals surface area contributed by atoms with E-state index in [1.54, 1.807) is 12.1 Å². The lowest BCUT2D eigenvalue weighted by Crippen LogP contribution is -2.34. The van der Waals surface area contributed by atoms with E-state index in [2.05, 4.69) is 24.4 Å². The SMILES string of the molecule is Cc1ccccc1[C@H]1[C@H]2CNC[C@H]2CN1C(=O)c1ccc(Cl)o1. The minimum Gasteiger partial charge on any atom is -0.440 e. The molecule has 0 saturated carbocycles. The zero-order chi connectivity index (χ0) is 16.0. The number of furan rings is 1. The van der Waals surface area contributed by atoms with Gasteiger partial charge >= 0.3 is 0 Å². The molecule has 0 aliphatic carbocycles. The average molecular weight is 331 g/mol. The molecule has 0 spiro atoms. The van der Waals surface area contributed by atoms with Crippen LogP contribution in [-0.2, 0) is 0 Å². The Hall–Kier alpha value is -1.78. The number of likely N-dealkylation sites (tertiary alicyclic amines) is 1. The van der Waals surface area contributed by atoms with Crippen LogP contribution in [0.1, 0.15) is 27.7 Å². The molecular formula is C18H19ClN2O2. The van der Waals surface area contributed by atoms with Crippen molar-refractivity contribution in [2.75, 3.05) is 19.6 Å². The molecule has 2 fully saturated rings. The van der Waals surface area contributed by atoms with Crippen LogP contribution in [-0.4, -0.2) is 30.4 Å². The van der Waals surface area contributed by atoms with Crippen molar-refractivity contribution >= 4 is 17.5 Å². The number of aryl methyl sites for hydroxylation is 1. The summed E-state index contributed by atoms with van der Waals surface area (Å²) in [5.41, 5.74) is 2.45. The number of amides is 1. The van der Waals surface area contributed by atoms with Gasteiger partial charge in [-0.15, -0.1) is 0 Å². The summed E-state index contributed by atoms with van der Waals surface area (Å²) < 4.78 is 5.35. The Labute approximate surface area is 140 Å². The molecule has 3 atom stereocenters. The number of hydrogen-bond donors (Lipinski definition) is 1. The van der Waals surface area contributed by atoms with Crippen LogP contribution in [0.2, 0.25) is 5.22 Å². The van der Waals surface area contributed by atoms with Crippen LogP contribution in [0.5, 0.6) is 0 Å². The van der Waals surface area contributed by atoms with Gasteiger partial charge in [0, 0.05) is 25.6 Å². The summed E-state index contributed by atoms with van der Waals surface area (Å²) in [6, 6.07) is 11.7. The topological polar surface area (TPSA) is 45.5 Å². The summed E-state index contributed by atoms with van der Waals surface area (Å²) in [7, 11) is 0. The molecule has 5 heteroatoms. The van der Waals surface area contributed by atoms with E-state index < -0.39 is 0 Å². The smallest absolute Gasteiger partial charge is 0.290 e. The first-order valence-corrected chi connectivity index (χ1v) is 8.35. The number of carbonyl (C=O) groups excluding carboxylic acids is 1. The number of nitrogens with one attached hydrogen (secondary N) is 1. The lowest BCUT2D eigenvalue weighted by atomic mass is 9.87. The molecular weight excluding hydrogens is 312 g/mol. The van der Waals surface area contributed by atoms with Crippen molar-refractivity contribution in [1.29, 1.82) is 0 Å². The van der Waals surface area contributed by atoms with Crippen molar-refractivity contribution < 1.29 is 9.21 Å². The fourth-order valence-corrected chi connectivity index (χ4v) is 4.16. The maximum absolute atomic E-state index is 12.9. The molecule has 1 amide bonds. The highest BCUT2D eigenvalue weighted by molar-refractivity contribution is 6.29. The normalized spacial score (nSPS) is 26.5. The number of nitrogens with zero attached hydrogens (tertiary/aromatic N) is 1. The van der Waals surface area contributed by atoms with Crippen LogP contribution in [0.25, 0.3) is 0 Å². The summed E-state index contributed by atoms with van der Waals surface area (Å²) in [5.74, 6) is 1.19. The van der Waals surface area contributed by atoms with Crippen LogP contribution < -0.4 is 5.32 Å². The van der Waals surface area contributed by atoms with Gasteiger partial charge in [-0.25, -0.2) is 0 Å². The predicted octanol–water partition coefficient (Wildman–Crippen LogP) is 3.27. The van der Waals surface area contributed by atoms with Gasteiger partial charge in [-0.05, 0) is 47.7 Å². The van der Waals surface area contributed by atoms with Crippen LogP contribution in [0.15, 0.2) is 40.8 Å². The van der Waals surface area contributed by atoms with E-state index in [0.717, 1.165) is 19.6 Å². The molecule has 2 saturated heterocycles. The largest absolute Gasteiger partial charge is 0.440 e. The molecule has 3 heterocycles. The predicted molar refractivity (Wildman–Crippen MR) is 88.5 cm³/mol. The van der Waals surface area contributed by atoms with Gasteiger partial charge in [-0.1, -0.05) is 24.3 Å². The Bertz CT molecular complexity index is 742. The highest BCUT2D eigenvalue weighted by atomic mass is 35.5. The summed E-state index contributed by atoms with van der Waals surface area (Å²) in [6.45, 7) is 4.79. The molecule has 1 aromatic carbocycles. The molecule has 0 bridgehead atoms. The van der Waals surface area contributed by atoms with Gasteiger partial charge < -0.3 is 14.6 Å². The minimum absolute atomic E-state index is 0.0699. The zero-order valence-corrected chi connectivity index (χ0v) is 13.7. The second-order valence-electron chi connectivity index (χ2n) is 6.44. The molecule has 4 nitrogen and oxygen atoms in total. The third kappa shape index (κ3) is 2.46. The number of fused-ring (bicyclic) bond motifs is 1. The first-order valence-electron chi connectivity index (χ1n) is 7.97. The van der Waals surface area contributed by atoms with Gasteiger partial charge in [-0.2, -0.15) is 0 Å². The van der Waals surface area contributed by atoms with Crippen LogP contribution in [0.4, 0.5) is 0 Å². The Morgan fingerprint density at radius 2 is 2.09 bits per heavy atom. The Morgan fingerprint density at radius 3 is 2.83 bits per heavy atom. The maximum Gasteiger partial charge on any atom is 0.290 e. The summed E-state index contributed by atoms with van der Waals surface area (Å²) >= 11 is 5.84. The van der Waals surface area contributed by atoms with Crippen molar-refractivity contribution in [3.05, 3.63) is 58.5 Å². The van der Waals surface area contributed by atoms with Gasteiger partial charge in [0.25, 0.3) is 5.91 Å². The van der Waals surface area contributed by atoms with E-state index in [9.17, 15) is 4.79 Å². The summed E-state index contributed by atoms with van der Waals surface area (Å²) in [5, 5.41) is 3.72. The Morgan fingerprint density at radius 1 is 1.26 bits per heavy atom. The van der Waals surface area contributed by atoms with E-state index >= 15 is 0 Å². The van der Waals surface area contributed by atoms with Crippen LogP contribution in [0, 0.1) is 18.8 Å². The third-order valence-corrected chi connectivity index (χ3v) is 5.32. The van der Waals surface area contributed by atoms with Crippen molar-refractivity contribution in [3.63, 3.8) is 0 Å².